The molecule has 0 amide bonds. The van der Waals surface area contributed by atoms with Gasteiger partial charge in [0.15, 0.2) is 5.78 Å². The lowest BCUT2D eigenvalue weighted by atomic mass is 9.97. The smallest absolute Gasteiger partial charge is 0.264 e. The van der Waals surface area contributed by atoms with Gasteiger partial charge in [-0.05, 0) is 78.6 Å². The van der Waals surface area contributed by atoms with Crippen molar-refractivity contribution in [1.82, 2.24) is 0 Å². The molecule has 8 heteroatoms. The van der Waals surface area contributed by atoms with Gasteiger partial charge in [0.2, 0.25) is 0 Å². The molecule has 1 aliphatic heterocycles. The highest BCUT2D eigenvalue weighted by molar-refractivity contribution is 7.92. The number of carbonyl (C=O) groups excluding carboxylic acids is 1. The molecule has 0 saturated heterocycles. The second kappa shape index (κ2) is 10.4. The van der Waals surface area contributed by atoms with E-state index < -0.39 is 21.6 Å². The second-order valence-electron chi connectivity index (χ2n) is 8.73. The zero-order valence-electron chi connectivity index (χ0n) is 19.7. The Morgan fingerprint density at radius 3 is 2.38 bits per heavy atom. The molecule has 0 saturated carbocycles. The van der Waals surface area contributed by atoms with Crippen LogP contribution < -0.4 is 9.04 Å². The number of para-hydroxylation sites is 1. The third-order valence-corrected chi connectivity index (χ3v) is 8.37. The minimum atomic E-state index is -3.86. The molecule has 5 rings (SSSR count). The summed E-state index contributed by atoms with van der Waals surface area (Å²) in [6.45, 7) is 0.314. The molecule has 1 aliphatic rings. The van der Waals surface area contributed by atoms with Gasteiger partial charge in [-0.15, -0.1) is 0 Å². The van der Waals surface area contributed by atoms with Gasteiger partial charge in [0.05, 0.1) is 21.2 Å². The number of Topliss-reactive ketones (excluding diaryl/α,β-unsaturated/α-hetero) is 1. The number of halogens is 2. The quantitative estimate of drug-likeness (QED) is 0.243. The summed E-state index contributed by atoms with van der Waals surface area (Å²) in [7, 11) is -3.86. The number of ether oxygens (including phenoxy) is 1. The average molecular weight is 536 g/mol. The normalized spacial score (nSPS) is 13.2. The topological polar surface area (TPSA) is 63.7 Å². The molecule has 0 fully saturated rings. The predicted octanol–water partition coefficient (Wildman–Crippen LogP) is 6.84. The number of fused-ring (bicyclic) bond motifs is 1. The number of benzene rings is 4. The van der Waals surface area contributed by atoms with E-state index in [1.807, 2.05) is 36.4 Å². The van der Waals surface area contributed by atoms with Gasteiger partial charge in [0.1, 0.15) is 17.3 Å². The van der Waals surface area contributed by atoms with Gasteiger partial charge in [-0.3, -0.25) is 9.10 Å². The van der Waals surface area contributed by atoms with Crippen molar-refractivity contribution in [2.45, 2.75) is 24.2 Å². The molecule has 4 aromatic rings. The van der Waals surface area contributed by atoms with E-state index in [2.05, 4.69) is 0 Å². The van der Waals surface area contributed by atoms with Crippen molar-refractivity contribution in [2.75, 3.05) is 10.8 Å². The van der Waals surface area contributed by atoms with Crippen LogP contribution in [-0.4, -0.2) is 20.7 Å². The highest BCUT2D eigenvalue weighted by Gasteiger charge is 2.29. The highest BCUT2D eigenvalue weighted by Crippen LogP contribution is 2.34. The van der Waals surface area contributed by atoms with Crippen LogP contribution in [0.4, 0.5) is 10.1 Å². The van der Waals surface area contributed by atoms with Crippen molar-refractivity contribution in [3.05, 3.63) is 119 Å². The fourth-order valence-corrected chi connectivity index (χ4v) is 6.22. The maximum atomic E-state index is 14.2. The van der Waals surface area contributed by atoms with E-state index in [9.17, 15) is 17.6 Å². The lowest BCUT2D eigenvalue weighted by Crippen LogP contribution is -2.35. The Bertz CT molecular complexity index is 1540. The maximum absolute atomic E-state index is 14.2. The predicted molar refractivity (Wildman–Crippen MR) is 142 cm³/mol. The van der Waals surface area contributed by atoms with Crippen LogP contribution in [0.3, 0.4) is 0 Å². The summed E-state index contributed by atoms with van der Waals surface area (Å²) >= 11 is 6.06. The van der Waals surface area contributed by atoms with Crippen LogP contribution in [0.2, 0.25) is 5.02 Å². The second-order valence-corrected chi connectivity index (χ2v) is 11.0. The van der Waals surface area contributed by atoms with Crippen molar-refractivity contribution in [3.63, 3.8) is 0 Å². The van der Waals surface area contributed by atoms with Crippen molar-refractivity contribution in [3.8, 4) is 11.5 Å². The van der Waals surface area contributed by atoms with Crippen LogP contribution in [0.1, 0.15) is 27.9 Å². The number of hydrogen-bond acceptors (Lipinski definition) is 4. The molecule has 0 unspecified atom stereocenters. The number of ketones is 1. The first-order chi connectivity index (χ1) is 17.8. The van der Waals surface area contributed by atoms with E-state index in [1.165, 1.54) is 34.6 Å². The number of nitrogens with zero attached hydrogens (tertiary/aromatic N) is 1. The van der Waals surface area contributed by atoms with E-state index in [4.69, 9.17) is 16.3 Å². The van der Waals surface area contributed by atoms with E-state index in [-0.39, 0.29) is 21.9 Å². The molecule has 5 nitrogen and oxygen atoms in total. The lowest BCUT2D eigenvalue weighted by Gasteiger charge is -2.31. The number of hydrogen-bond donors (Lipinski definition) is 0. The SMILES string of the molecule is O=C(Cc1ccc2c(c1)N(S(=O)(=O)c1ccc(Oc3ccccc3)cc1)CCC2)c1c(F)cccc1Cl. The van der Waals surface area contributed by atoms with Crippen molar-refractivity contribution in [1.29, 1.82) is 0 Å². The first-order valence-corrected chi connectivity index (χ1v) is 13.6. The largest absolute Gasteiger partial charge is 0.457 e. The zero-order chi connectivity index (χ0) is 26.0. The molecule has 0 radical (unpaired) electrons. The molecule has 0 N–H and O–H groups in total. The van der Waals surface area contributed by atoms with Crippen molar-refractivity contribution >= 4 is 33.1 Å². The van der Waals surface area contributed by atoms with Crippen LogP contribution in [-0.2, 0) is 22.9 Å². The molecular formula is C29H23ClFNO4S. The van der Waals surface area contributed by atoms with Crippen LogP contribution in [0.25, 0.3) is 0 Å². The Morgan fingerprint density at radius 2 is 1.65 bits per heavy atom. The van der Waals surface area contributed by atoms with E-state index in [0.29, 0.717) is 35.7 Å². The van der Waals surface area contributed by atoms with Gasteiger partial charge in [-0.25, -0.2) is 12.8 Å². The van der Waals surface area contributed by atoms with Gasteiger partial charge in [0.25, 0.3) is 10.0 Å². The zero-order valence-corrected chi connectivity index (χ0v) is 21.3. The Balaban J connectivity index is 1.40. The van der Waals surface area contributed by atoms with Gasteiger partial charge in [-0.2, -0.15) is 0 Å². The van der Waals surface area contributed by atoms with Crippen molar-refractivity contribution in [2.24, 2.45) is 0 Å². The molecule has 0 aromatic heterocycles. The number of sulfonamides is 1. The van der Waals surface area contributed by atoms with E-state index in [1.54, 1.807) is 24.3 Å². The monoisotopic (exact) mass is 535 g/mol. The fraction of sp³-hybridized carbons (Fsp3) is 0.138. The summed E-state index contributed by atoms with van der Waals surface area (Å²) in [5.41, 5.74) is 1.82. The molecule has 37 heavy (non-hydrogen) atoms. The highest BCUT2D eigenvalue weighted by atomic mass is 35.5. The van der Waals surface area contributed by atoms with E-state index in [0.717, 1.165) is 12.0 Å². The average Bonchev–Trinajstić information content (AvgIpc) is 2.89. The third kappa shape index (κ3) is 5.24. The number of aryl methyl sites for hydroxylation is 1. The van der Waals surface area contributed by atoms with Crippen LogP contribution >= 0.6 is 11.6 Å². The van der Waals surface area contributed by atoms with Gasteiger partial charge >= 0.3 is 0 Å². The summed E-state index contributed by atoms with van der Waals surface area (Å²) in [5.74, 6) is 0.0280. The molecule has 0 aliphatic carbocycles. The van der Waals surface area contributed by atoms with Gasteiger partial charge < -0.3 is 4.74 Å². The number of anilines is 1. The summed E-state index contributed by atoms with van der Waals surface area (Å²) in [4.78, 5) is 13.0. The molecule has 0 atom stereocenters. The third-order valence-electron chi connectivity index (χ3n) is 6.22. The molecule has 0 bridgehead atoms. The van der Waals surface area contributed by atoms with Crippen LogP contribution in [0.15, 0.2) is 95.9 Å². The molecule has 1 heterocycles. The Kier molecular flexibility index (Phi) is 7.00. The first-order valence-electron chi connectivity index (χ1n) is 11.8. The number of carbonyl (C=O) groups is 1. The molecule has 188 valence electrons. The molecular weight excluding hydrogens is 513 g/mol. The Labute approximate surface area is 220 Å². The fourth-order valence-electron chi connectivity index (χ4n) is 4.42. The van der Waals surface area contributed by atoms with E-state index >= 15 is 0 Å². The summed E-state index contributed by atoms with van der Waals surface area (Å²) in [6, 6.07) is 24.9. The maximum Gasteiger partial charge on any atom is 0.264 e. The van der Waals surface area contributed by atoms with Crippen molar-refractivity contribution < 1.29 is 22.3 Å². The minimum Gasteiger partial charge on any atom is -0.457 e. The lowest BCUT2D eigenvalue weighted by molar-refractivity contribution is 0.0989. The van der Waals surface area contributed by atoms with Gasteiger partial charge in [0, 0.05) is 13.0 Å². The summed E-state index contributed by atoms with van der Waals surface area (Å²) < 4.78 is 48.6. The standard InChI is InChI=1S/C29H23ClFNO4S/c30-25-9-4-10-26(31)29(25)28(33)19-20-11-12-21-6-5-17-32(27(21)18-20)37(34,35)24-15-13-23(14-16-24)36-22-7-2-1-3-8-22/h1-4,7-16,18H,5-6,17,19H2. The number of rotatable bonds is 7. The van der Waals surface area contributed by atoms with Crippen LogP contribution in [0.5, 0.6) is 11.5 Å². The van der Waals surface area contributed by atoms with Gasteiger partial charge in [-0.1, -0.05) is 48.0 Å². The summed E-state index contributed by atoms with van der Waals surface area (Å²) in [6.07, 6.45) is 1.29. The molecule has 4 aromatic carbocycles. The molecule has 0 spiro atoms. The Hall–Kier alpha value is -3.68. The summed E-state index contributed by atoms with van der Waals surface area (Å²) in [5, 5.41) is 0.0480. The minimum absolute atomic E-state index is 0.0480. The Morgan fingerprint density at radius 1 is 0.919 bits per heavy atom. The van der Waals surface area contributed by atoms with Crippen LogP contribution in [0, 0.1) is 5.82 Å². The first kappa shape index (κ1) is 25.0.